The molecule has 1 aliphatic rings. The molecule has 0 atom stereocenters. The van der Waals surface area contributed by atoms with Crippen molar-refractivity contribution < 1.29 is 9.90 Å². The lowest BCUT2D eigenvalue weighted by Gasteiger charge is -2.16. The van der Waals surface area contributed by atoms with E-state index in [-0.39, 0.29) is 5.56 Å². The third kappa shape index (κ3) is 1.32. The number of hydrogen-bond acceptors (Lipinski definition) is 2. The van der Waals surface area contributed by atoms with Crippen molar-refractivity contribution in [3.63, 3.8) is 0 Å². The van der Waals surface area contributed by atoms with Crippen LogP contribution in [-0.4, -0.2) is 22.2 Å². The van der Waals surface area contributed by atoms with Crippen LogP contribution >= 0.6 is 11.6 Å². The highest BCUT2D eigenvalue weighted by atomic mass is 35.5. The topological polar surface area (TPSA) is 54.3 Å². The molecule has 0 aliphatic carbocycles. The lowest BCUT2D eigenvalue weighted by molar-refractivity contribution is 0.0695. The van der Waals surface area contributed by atoms with Crippen molar-refractivity contribution >= 4 is 17.6 Å². The number of rotatable bonds is 1. The van der Waals surface area contributed by atoms with Gasteiger partial charge in [-0.3, -0.25) is 0 Å². The molecule has 0 saturated carbocycles. The van der Waals surface area contributed by atoms with Gasteiger partial charge in [0.25, 0.3) is 0 Å². The fourth-order valence-corrected chi connectivity index (χ4v) is 1.89. The zero-order valence-corrected chi connectivity index (χ0v) is 7.64. The summed E-state index contributed by atoms with van der Waals surface area (Å²) in [6.07, 6.45) is 1.68. The van der Waals surface area contributed by atoms with E-state index >= 15 is 0 Å². The van der Waals surface area contributed by atoms with Gasteiger partial charge in [0.15, 0.2) is 0 Å². The molecule has 1 aromatic rings. The number of carboxylic acid groups (broad SMARTS) is 1. The molecule has 2 rings (SSSR count). The van der Waals surface area contributed by atoms with E-state index in [1.807, 2.05) is 4.57 Å². The molecule has 13 heavy (non-hydrogen) atoms. The van der Waals surface area contributed by atoms with E-state index in [2.05, 4.69) is 5.32 Å². The molecular weight excluding hydrogens is 192 g/mol. The van der Waals surface area contributed by atoms with Crippen LogP contribution in [0.2, 0.25) is 5.02 Å². The van der Waals surface area contributed by atoms with E-state index in [1.54, 1.807) is 6.20 Å². The lowest BCUT2D eigenvalue weighted by atomic mass is 10.2. The molecule has 0 bridgehead atoms. The fourth-order valence-electron chi connectivity index (χ4n) is 1.58. The molecule has 0 radical (unpaired) electrons. The Labute approximate surface area is 80.1 Å². The Morgan fingerprint density at radius 3 is 3.15 bits per heavy atom. The number of fused-ring (bicyclic) bond motifs is 1. The average molecular weight is 201 g/mol. The summed E-state index contributed by atoms with van der Waals surface area (Å²) in [5, 5.41) is 12.3. The number of aromatic nitrogens is 1. The quantitative estimate of drug-likeness (QED) is 0.710. The van der Waals surface area contributed by atoms with Crippen LogP contribution in [0, 0.1) is 0 Å². The van der Waals surface area contributed by atoms with Crippen LogP contribution in [-0.2, 0) is 13.1 Å². The summed E-state index contributed by atoms with van der Waals surface area (Å²) in [4.78, 5) is 10.8. The minimum Gasteiger partial charge on any atom is -0.478 e. The van der Waals surface area contributed by atoms with Gasteiger partial charge in [0, 0.05) is 31.5 Å². The minimum absolute atomic E-state index is 0.230. The van der Waals surface area contributed by atoms with Gasteiger partial charge in [-0.2, -0.15) is 0 Å². The van der Waals surface area contributed by atoms with Gasteiger partial charge in [0.05, 0.1) is 5.02 Å². The third-order valence-corrected chi connectivity index (χ3v) is 2.47. The van der Waals surface area contributed by atoms with Gasteiger partial charge in [-0.25, -0.2) is 4.79 Å². The summed E-state index contributed by atoms with van der Waals surface area (Å²) in [6.45, 7) is 2.22. The van der Waals surface area contributed by atoms with E-state index in [9.17, 15) is 4.79 Å². The van der Waals surface area contributed by atoms with Gasteiger partial charge in [-0.15, -0.1) is 0 Å². The lowest BCUT2D eigenvalue weighted by Crippen LogP contribution is -2.28. The predicted molar refractivity (Wildman–Crippen MR) is 48.1 cm³/mol. The molecule has 0 saturated heterocycles. The number of aromatic carboxylic acids is 1. The highest BCUT2D eigenvalue weighted by molar-refractivity contribution is 6.33. The predicted octanol–water partition coefficient (Wildman–Crippen LogP) is 0.943. The standard InChI is InChI=1S/C8H9ClN2O2/c9-5-4-11-2-1-10-3-6(11)7(5)8(12)13/h4,10H,1-3H2,(H,12,13). The molecule has 1 aliphatic heterocycles. The first-order chi connectivity index (χ1) is 6.20. The van der Waals surface area contributed by atoms with Crippen LogP contribution < -0.4 is 5.32 Å². The molecule has 4 nitrogen and oxygen atoms in total. The third-order valence-electron chi connectivity index (χ3n) is 2.18. The minimum atomic E-state index is -0.956. The SMILES string of the molecule is O=C(O)c1c(Cl)cn2c1CNCC2. The van der Waals surface area contributed by atoms with Crippen molar-refractivity contribution in [2.75, 3.05) is 6.54 Å². The Morgan fingerprint density at radius 2 is 2.46 bits per heavy atom. The first-order valence-electron chi connectivity index (χ1n) is 4.01. The number of nitrogens with one attached hydrogen (secondary N) is 1. The Hall–Kier alpha value is -1.00. The maximum atomic E-state index is 10.8. The monoisotopic (exact) mass is 200 g/mol. The summed E-state index contributed by atoms with van der Waals surface area (Å²) >= 11 is 5.80. The zero-order chi connectivity index (χ0) is 9.42. The molecule has 2 N–H and O–H groups in total. The second-order valence-electron chi connectivity index (χ2n) is 2.97. The smallest absolute Gasteiger partial charge is 0.339 e. The molecule has 2 heterocycles. The van der Waals surface area contributed by atoms with Crippen molar-refractivity contribution in [3.8, 4) is 0 Å². The van der Waals surface area contributed by atoms with Crippen LogP contribution in [0.15, 0.2) is 6.20 Å². The van der Waals surface area contributed by atoms with Crippen molar-refractivity contribution in [1.82, 2.24) is 9.88 Å². The van der Waals surface area contributed by atoms with E-state index < -0.39 is 5.97 Å². The summed E-state index contributed by atoms with van der Waals surface area (Å²) in [7, 11) is 0. The first-order valence-corrected chi connectivity index (χ1v) is 4.39. The molecule has 0 aromatic carbocycles. The van der Waals surface area contributed by atoms with Crippen LogP contribution in [0.3, 0.4) is 0 Å². The summed E-state index contributed by atoms with van der Waals surface area (Å²) in [5.41, 5.74) is 0.998. The van der Waals surface area contributed by atoms with Gasteiger partial charge >= 0.3 is 5.97 Å². The number of hydrogen-bond donors (Lipinski definition) is 2. The van der Waals surface area contributed by atoms with Gasteiger partial charge in [-0.1, -0.05) is 11.6 Å². The van der Waals surface area contributed by atoms with Crippen LogP contribution in [0.1, 0.15) is 16.1 Å². The van der Waals surface area contributed by atoms with Crippen LogP contribution in [0.5, 0.6) is 0 Å². The molecule has 0 amide bonds. The Balaban J connectivity index is 2.54. The Kier molecular flexibility index (Phi) is 2.01. The molecule has 0 unspecified atom stereocenters. The highest BCUT2D eigenvalue weighted by Gasteiger charge is 2.21. The molecule has 0 spiro atoms. The maximum Gasteiger partial charge on any atom is 0.339 e. The van der Waals surface area contributed by atoms with Crippen molar-refractivity contribution in [2.45, 2.75) is 13.1 Å². The van der Waals surface area contributed by atoms with E-state index in [0.717, 1.165) is 18.8 Å². The van der Waals surface area contributed by atoms with Crippen LogP contribution in [0.4, 0.5) is 0 Å². The fraction of sp³-hybridized carbons (Fsp3) is 0.375. The van der Waals surface area contributed by atoms with Crippen molar-refractivity contribution in [3.05, 3.63) is 22.5 Å². The molecule has 5 heteroatoms. The van der Waals surface area contributed by atoms with Gasteiger partial charge in [0.2, 0.25) is 0 Å². The Bertz CT molecular complexity index is 359. The number of nitrogens with zero attached hydrogens (tertiary/aromatic N) is 1. The van der Waals surface area contributed by atoms with Crippen LogP contribution in [0.25, 0.3) is 0 Å². The van der Waals surface area contributed by atoms with Crippen molar-refractivity contribution in [1.29, 1.82) is 0 Å². The van der Waals surface area contributed by atoms with Gasteiger partial charge in [-0.05, 0) is 0 Å². The van der Waals surface area contributed by atoms with Gasteiger partial charge in [0.1, 0.15) is 5.56 Å². The number of carbonyl (C=O) groups is 1. The largest absolute Gasteiger partial charge is 0.478 e. The van der Waals surface area contributed by atoms with Crippen molar-refractivity contribution in [2.24, 2.45) is 0 Å². The van der Waals surface area contributed by atoms with E-state index in [0.29, 0.717) is 11.6 Å². The highest BCUT2D eigenvalue weighted by Crippen LogP contribution is 2.23. The van der Waals surface area contributed by atoms with E-state index in [4.69, 9.17) is 16.7 Å². The second kappa shape index (κ2) is 3.05. The zero-order valence-electron chi connectivity index (χ0n) is 6.88. The second-order valence-corrected chi connectivity index (χ2v) is 3.38. The Morgan fingerprint density at radius 1 is 1.69 bits per heavy atom. The number of halogens is 1. The van der Waals surface area contributed by atoms with E-state index in [1.165, 1.54) is 0 Å². The number of carboxylic acids is 1. The normalized spacial score (nSPS) is 15.5. The average Bonchev–Trinajstić information content (AvgIpc) is 2.39. The summed E-state index contributed by atoms with van der Waals surface area (Å²) in [6, 6.07) is 0. The molecular formula is C8H9ClN2O2. The van der Waals surface area contributed by atoms with Gasteiger partial charge < -0.3 is 15.0 Å². The summed E-state index contributed by atoms with van der Waals surface area (Å²) in [5.74, 6) is -0.956. The first kappa shape index (κ1) is 8.59. The maximum absolute atomic E-state index is 10.8. The molecule has 70 valence electrons. The molecule has 0 fully saturated rings. The molecule has 1 aromatic heterocycles. The summed E-state index contributed by atoms with van der Waals surface area (Å²) < 4.78 is 1.89.